The van der Waals surface area contributed by atoms with Gasteiger partial charge in [0.05, 0.1) is 29.4 Å². The van der Waals surface area contributed by atoms with Crippen LogP contribution in [0.5, 0.6) is 0 Å². The number of carbonyl (C=O) groups is 2. The van der Waals surface area contributed by atoms with E-state index in [0.717, 1.165) is 12.8 Å². The number of rotatable bonds is 16. The third kappa shape index (κ3) is 10.5. The molecule has 2 aromatic carbocycles. The number of benzene rings is 2. The van der Waals surface area contributed by atoms with Gasteiger partial charge in [-0.1, -0.05) is 118 Å². The molecule has 0 aliphatic heterocycles. The Hall–Kier alpha value is -2.01. The molecule has 5 nitrogen and oxygen atoms in total. The second-order valence-corrected chi connectivity index (χ2v) is 29.0. The fourth-order valence-corrected chi connectivity index (χ4v) is 13.2. The first-order chi connectivity index (χ1) is 20.0. The molecule has 0 heterocycles. The van der Waals surface area contributed by atoms with Crippen LogP contribution in [-0.2, 0) is 23.5 Å². The lowest BCUT2D eigenvalue weighted by atomic mass is 10.0. The van der Waals surface area contributed by atoms with Crippen LogP contribution in [0.3, 0.4) is 0 Å². The SMILES string of the molecule is CCOC(=O)C[C@H](CC(C[C@@H](CC(=O)OCC)[Si](C)(C)c1ccccc1)O[Si](C)(C)C(C)(C)C)[Si](C)(C)c1ccccc1. The van der Waals surface area contributed by atoms with Gasteiger partial charge in [0.25, 0.3) is 0 Å². The van der Waals surface area contributed by atoms with E-state index in [2.05, 4.69) is 109 Å². The minimum Gasteiger partial charge on any atom is -0.466 e. The van der Waals surface area contributed by atoms with Gasteiger partial charge in [0.2, 0.25) is 0 Å². The van der Waals surface area contributed by atoms with Gasteiger partial charge in [0.1, 0.15) is 0 Å². The van der Waals surface area contributed by atoms with E-state index in [0.29, 0.717) is 26.1 Å². The normalized spacial score (nSPS) is 14.3. The summed E-state index contributed by atoms with van der Waals surface area (Å²) in [5.74, 6) is -0.283. The molecule has 0 amide bonds. The van der Waals surface area contributed by atoms with E-state index in [1.807, 2.05) is 26.0 Å². The molecule has 0 radical (unpaired) electrons. The monoisotopic (exact) mass is 642 g/mol. The van der Waals surface area contributed by atoms with Crippen LogP contribution in [0.1, 0.15) is 60.3 Å². The van der Waals surface area contributed by atoms with Crippen molar-refractivity contribution < 1.29 is 23.5 Å². The van der Waals surface area contributed by atoms with Crippen molar-refractivity contribution in [3.05, 3.63) is 60.7 Å². The van der Waals surface area contributed by atoms with Gasteiger partial charge in [-0.25, -0.2) is 0 Å². The Morgan fingerprint density at radius 1 is 0.651 bits per heavy atom. The molecule has 0 saturated heterocycles. The average Bonchev–Trinajstić information content (AvgIpc) is 2.92. The third-order valence-corrected chi connectivity index (χ3v) is 23.0. The summed E-state index contributed by atoms with van der Waals surface area (Å²) >= 11 is 0. The van der Waals surface area contributed by atoms with E-state index >= 15 is 0 Å². The summed E-state index contributed by atoms with van der Waals surface area (Å²) in [6.45, 7) is 25.4. The largest absolute Gasteiger partial charge is 0.466 e. The molecule has 0 aliphatic carbocycles. The summed E-state index contributed by atoms with van der Waals surface area (Å²) in [7, 11) is -6.46. The van der Waals surface area contributed by atoms with Gasteiger partial charge in [0, 0.05) is 18.9 Å². The Morgan fingerprint density at radius 3 is 1.30 bits per heavy atom. The van der Waals surface area contributed by atoms with Gasteiger partial charge >= 0.3 is 11.9 Å². The molecule has 0 saturated carbocycles. The standard InChI is InChI=1S/C35H58O5Si3/c1-12-38-33(36)26-31(41(6,7)29-20-16-14-17-21-29)24-28(40-43(10,11)35(3,4)5)25-32(27-34(37)39-13-2)42(8,9)30-22-18-15-19-23-30/h14-23,28,31-32H,12-13,24-27H2,1-11H3/t31-,32-/m0/s1. The predicted molar refractivity (Wildman–Crippen MR) is 188 cm³/mol. The van der Waals surface area contributed by atoms with Crippen molar-refractivity contribution in [3.63, 3.8) is 0 Å². The van der Waals surface area contributed by atoms with Crippen LogP contribution in [0.4, 0.5) is 0 Å². The van der Waals surface area contributed by atoms with Crippen LogP contribution in [0, 0.1) is 0 Å². The van der Waals surface area contributed by atoms with Gasteiger partial charge < -0.3 is 13.9 Å². The maximum atomic E-state index is 13.1. The molecule has 0 fully saturated rings. The fourth-order valence-electron chi connectivity index (χ4n) is 5.74. The molecule has 0 unspecified atom stereocenters. The van der Waals surface area contributed by atoms with Gasteiger partial charge in [-0.05, 0) is 55.9 Å². The first-order valence-corrected chi connectivity index (χ1v) is 25.1. The molecule has 0 aliphatic rings. The average molecular weight is 643 g/mol. The molecular weight excluding hydrogens is 585 g/mol. The molecule has 0 aromatic heterocycles. The highest BCUT2D eigenvalue weighted by atomic mass is 28.4. The second-order valence-electron chi connectivity index (χ2n) is 14.6. The van der Waals surface area contributed by atoms with E-state index in [1.165, 1.54) is 10.4 Å². The van der Waals surface area contributed by atoms with Crippen LogP contribution in [0.2, 0.25) is 55.4 Å². The smallest absolute Gasteiger partial charge is 0.305 e. The van der Waals surface area contributed by atoms with E-state index in [4.69, 9.17) is 13.9 Å². The van der Waals surface area contributed by atoms with Gasteiger partial charge in [-0.2, -0.15) is 0 Å². The Bertz CT molecular complexity index is 1070. The van der Waals surface area contributed by atoms with Crippen molar-refractivity contribution in [3.8, 4) is 0 Å². The highest BCUT2D eigenvalue weighted by Crippen LogP contribution is 2.43. The highest BCUT2D eigenvalue weighted by Gasteiger charge is 2.45. The van der Waals surface area contributed by atoms with Crippen LogP contribution in [-0.4, -0.2) is 55.7 Å². The number of hydrogen-bond donors (Lipinski definition) is 0. The van der Waals surface area contributed by atoms with Crippen molar-refractivity contribution in [2.45, 2.75) is 122 Å². The molecule has 0 spiro atoms. The summed E-state index contributed by atoms with van der Waals surface area (Å²) in [6, 6.07) is 21.3. The highest BCUT2D eigenvalue weighted by molar-refractivity contribution is 6.91. The maximum absolute atomic E-state index is 13.1. The summed E-state index contributed by atoms with van der Waals surface area (Å²) < 4.78 is 18.3. The minimum absolute atomic E-state index is 0.0251. The van der Waals surface area contributed by atoms with E-state index in [9.17, 15) is 9.59 Å². The molecule has 43 heavy (non-hydrogen) atoms. The zero-order chi connectivity index (χ0) is 32.5. The summed E-state index contributed by atoms with van der Waals surface area (Å²) in [5.41, 5.74) is 0.238. The van der Waals surface area contributed by atoms with Crippen LogP contribution >= 0.6 is 0 Å². The van der Waals surface area contributed by atoms with Crippen molar-refractivity contribution in [1.29, 1.82) is 0 Å². The van der Waals surface area contributed by atoms with Crippen molar-refractivity contribution in [1.82, 2.24) is 0 Å². The van der Waals surface area contributed by atoms with Crippen molar-refractivity contribution in [2.24, 2.45) is 0 Å². The van der Waals surface area contributed by atoms with E-state index < -0.39 is 24.5 Å². The zero-order valence-corrected chi connectivity index (χ0v) is 31.8. The number of esters is 2. The van der Waals surface area contributed by atoms with Gasteiger partial charge in [-0.15, -0.1) is 0 Å². The first-order valence-electron chi connectivity index (χ1n) is 16.1. The Morgan fingerprint density at radius 2 is 1.00 bits per heavy atom. The van der Waals surface area contributed by atoms with Crippen LogP contribution < -0.4 is 10.4 Å². The van der Waals surface area contributed by atoms with Crippen LogP contribution in [0.15, 0.2) is 60.7 Å². The van der Waals surface area contributed by atoms with Gasteiger partial charge in [0.15, 0.2) is 8.32 Å². The van der Waals surface area contributed by atoms with Crippen LogP contribution in [0.25, 0.3) is 0 Å². The minimum atomic E-state index is -2.19. The lowest BCUT2D eigenvalue weighted by molar-refractivity contribution is -0.144. The molecule has 2 aromatic rings. The third-order valence-electron chi connectivity index (χ3n) is 9.88. The topological polar surface area (TPSA) is 61.8 Å². The summed E-state index contributed by atoms with van der Waals surface area (Å²) in [5, 5.41) is 2.69. The lowest BCUT2D eigenvalue weighted by Gasteiger charge is -2.44. The second kappa shape index (κ2) is 15.8. The first kappa shape index (κ1) is 37.2. The number of ether oxygens (including phenoxy) is 2. The zero-order valence-electron chi connectivity index (χ0n) is 28.8. The molecular formula is C35H58O5Si3. The molecule has 2 atom stereocenters. The van der Waals surface area contributed by atoms with Gasteiger partial charge in [-0.3, -0.25) is 9.59 Å². The maximum Gasteiger partial charge on any atom is 0.305 e. The Kier molecular flexibility index (Phi) is 13.7. The fraction of sp³-hybridized carbons (Fsp3) is 0.600. The quantitative estimate of drug-likeness (QED) is 0.137. The molecule has 8 heteroatoms. The van der Waals surface area contributed by atoms with Crippen molar-refractivity contribution in [2.75, 3.05) is 13.2 Å². The summed E-state index contributed by atoms with van der Waals surface area (Å²) in [6.07, 6.45) is 2.18. The molecule has 240 valence electrons. The molecule has 0 bridgehead atoms. The molecule has 2 rings (SSSR count). The van der Waals surface area contributed by atoms with E-state index in [1.54, 1.807) is 0 Å². The summed E-state index contributed by atoms with van der Waals surface area (Å²) in [4.78, 5) is 26.1. The predicted octanol–water partition coefficient (Wildman–Crippen LogP) is 8.04. The van der Waals surface area contributed by atoms with E-state index in [-0.39, 0.29) is 34.2 Å². The Labute approximate surface area is 265 Å². The Balaban J connectivity index is 2.62. The number of carbonyl (C=O) groups excluding carboxylic acids is 2. The van der Waals surface area contributed by atoms with Crippen molar-refractivity contribution >= 4 is 46.8 Å². The molecule has 0 N–H and O–H groups in total. The number of hydrogen-bond acceptors (Lipinski definition) is 5. The lowest BCUT2D eigenvalue weighted by Crippen LogP contribution is -2.51.